The van der Waals surface area contributed by atoms with Gasteiger partial charge in [0.1, 0.15) is 17.9 Å². The average molecular weight is 646 g/mol. The molecule has 10 heteroatoms. The predicted molar refractivity (Wildman–Crippen MR) is 172 cm³/mol. The molecule has 2 aliphatic carbocycles. The van der Waals surface area contributed by atoms with Gasteiger partial charge in [-0.3, -0.25) is 14.5 Å². The molecule has 2 aromatic rings. The van der Waals surface area contributed by atoms with Gasteiger partial charge in [0.2, 0.25) is 11.6 Å². The van der Waals surface area contributed by atoms with E-state index in [1.165, 1.54) is 0 Å². The SMILES string of the molecule is O=C(C1=CC2=NC3=[N+](C[C@H]4[C@@H]3[C@H](c3cccc(Cl)c3F)[C@]3(C(=O)Nc5cc(Cl)ccc53)N4CC3CC3)C2C=C1)N1CCCCC1. The highest BCUT2D eigenvalue weighted by molar-refractivity contribution is 6.31. The summed E-state index contributed by atoms with van der Waals surface area (Å²) >= 11 is 12.8. The zero-order chi connectivity index (χ0) is 30.6. The van der Waals surface area contributed by atoms with Crippen molar-refractivity contribution >= 4 is 52.3 Å². The fourth-order valence-corrected chi connectivity index (χ4v) is 9.30. The number of carbonyl (C=O) groups is 2. The van der Waals surface area contributed by atoms with Crippen molar-refractivity contribution in [3.8, 4) is 0 Å². The Morgan fingerprint density at radius 2 is 1.96 bits per heavy atom. The molecule has 2 aromatic carbocycles. The van der Waals surface area contributed by atoms with E-state index < -0.39 is 17.3 Å². The topological polar surface area (TPSA) is 68.0 Å². The summed E-state index contributed by atoms with van der Waals surface area (Å²) in [5, 5.41) is 3.70. The number of fused-ring (bicyclic) bond motifs is 6. The van der Waals surface area contributed by atoms with Crippen LogP contribution in [0.15, 0.2) is 65.2 Å². The zero-order valence-electron chi connectivity index (χ0n) is 24.7. The number of nitrogens with zero attached hydrogens (tertiary/aromatic N) is 4. The highest BCUT2D eigenvalue weighted by Gasteiger charge is 2.73. The molecule has 3 fully saturated rings. The third-order valence-corrected chi connectivity index (χ3v) is 11.6. The van der Waals surface area contributed by atoms with Gasteiger partial charge in [0.25, 0.3) is 5.91 Å². The highest BCUT2D eigenvalue weighted by atomic mass is 35.5. The Bertz CT molecular complexity index is 1810. The van der Waals surface area contributed by atoms with Gasteiger partial charge in [0, 0.05) is 53.5 Å². The van der Waals surface area contributed by atoms with E-state index in [4.69, 9.17) is 28.2 Å². The lowest BCUT2D eigenvalue weighted by Crippen LogP contribution is -2.54. The molecule has 2 saturated heterocycles. The molecule has 1 saturated carbocycles. The molecule has 0 bridgehead atoms. The summed E-state index contributed by atoms with van der Waals surface area (Å²) in [7, 11) is 0. The van der Waals surface area contributed by atoms with Crippen LogP contribution in [0.25, 0.3) is 0 Å². The second-order valence-electron chi connectivity index (χ2n) is 13.5. The molecule has 5 heterocycles. The van der Waals surface area contributed by atoms with Crippen LogP contribution in [0.3, 0.4) is 0 Å². The summed E-state index contributed by atoms with van der Waals surface area (Å²) in [6.45, 7) is 2.96. The lowest BCUT2D eigenvalue weighted by atomic mass is 9.71. The van der Waals surface area contributed by atoms with Gasteiger partial charge in [-0.1, -0.05) is 41.4 Å². The van der Waals surface area contributed by atoms with Gasteiger partial charge in [-0.05, 0) is 78.9 Å². The van der Waals surface area contributed by atoms with Crippen molar-refractivity contribution in [1.29, 1.82) is 0 Å². The van der Waals surface area contributed by atoms with Crippen LogP contribution >= 0.6 is 23.2 Å². The number of nitrogens with one attached hydrogen (secondary N) is 1. The first-order valence-electron chi connectivity index (χ1n) is 16.1. The number of hydrogen-bond acceptors (Lipinski definition) is 4. The van der Waals surface area contributed by atoms with Crippen LogP contribution in [-0.4, -0.2) is 76.0 Å². The second-order valence-corrected chi connectivity index (χ2v) is 14.4. The van der Waals surface area contributed by atoms with E-state index >= 15 is 4.39 Å². The third kappa shape index (κ3) is 3.98. The van der Waals surface area contributed by atoms with Gasteiger partial charge in [0.05, 0.1) is 17.0 Å². The number of rotatable bonds is 4. The number of amides is 2. The first-order chi connectivity index (χ1) is 21.9. The van der Waals surface area contributed by atoms with Crippen molar-refractivity contribution in [1.82, 2.24) is 9.80 Å². The Kier molecular flexibility index (Phi) is 6.26. The van der Waals surface area contributed by atoms with E-state index in [1.54, 1.807) is 24.3 Å². The van der Waals surface area contributed by atoms with Gasteiger partial charge in [0.15, 0.2) is 6.04 Å². The Morgan fingerprint density at radius 3 is 2.76 bits per heavy atom. The van der Waals surface area contributed by atoms with Crippen molar-refractivity contribution in [2.24, 2.45) is 16.8 Å². The van der Waals surface area contributed by atoms with Crippen LogP contribution in [0, 0.1) is 17.7 Å². The molecule has 2 amide bonds. The standard InChI is InChI=1S/C35H32Cl2FN5O2/c36-21-10-11-23-25(16-21)40-34(45)35(23)30(22-5-4-6-24(37)31(22)38)29-28(43(35)17-19-7-8-19)18-42-27-12-9-20(15-26(27)39-32(29)42)33(44)41-13-2-1-3-14-41/h4-6,9-12,15-16,19,27-30H,1-3,7-8,13-14,17-18H2/p+1/t27?,28-,29+,30-,35+/m0/s1. The van der Waals surface area contributed by atoms with Crippen molar-refractivity contribution in [3.63, 3.8) is 0 Å². The number of hydrogen-bond donors (Lipinski definition) is 1. The lowest BCUT2D eigenvalue weighted by Gasteiger charge is -2.40. The molecule has 0 aromatic heterocycles. The van der Waals surface area contributed by atoms with Crippen molar-refractivity contribution in [3.05, 3.63) is 87.2 Å². The first kappa shape index (κ1) is 27.9. The molecule has 5 atom stereocenters. The summed E-state index contributed by atoms with van der Waals surface area (Å²) < 4.78 is 18.6. The van der Waals surface area contributed by atoms with E-state index in [0.29, 0.717) is 34.3 Å². The van der Waals surface area contributed by atoms with Crippen LogP contribution in [0.5, 0.6) is 0 Å². The molecule has 9 rings (SSSR count). The van der Waals surface area contributed by atoms with Gasteiger partial charge >= 0.3 is 5.84 Å². The Hall–Kier alpha value is -3.33. The molecule has 45 heavy (non-hydrogen) atoms. The van der Waals surface area contributed by atoms with E-state index in [2.05, 4.69) is 20.9 Å². The lowest BCUT2D eigenvalue weighted by molar-refractivity contribution is -0.531. The minimum atomic E-state index is -1.16. The van der Waals surface area contributed by atoms with Gasteiger partial charge < -0.3 is 10.2 Å². The molecule has 1 N–H and O–H groups in total. The van der Waals surface area contributed by atoms with Crippen molar-refractivity contribution in [2.45, 2.75) is 55.6 Å². The number of halogens is 3. The van der Waals surface area contributed by atoms with E-state index in [9.17, 15) is 9.59 Å². The molecule has 5 aliphatic heterocycles. The Labute approximate surface area is 271 Å². The second kappa shape index (κ2) is 10.1. The monoisotopic (exact) mass is 644 g/mol. The molecule has 7 nitrogen and oxygen atoms in total. The summed E-state index contributed by atoms with van der Waals surface area (Å²) in [5.41, 5.74) is 2.24. The fourth-order valence-electron chi connectivity index (χ4n) is 8.95. The van der Waals surface area contributed by atoms with Crippen LogP contribution in [0.4, 0.5) is 10.1 Å². The number of amidine groups is 1. The summed E-state index contributed by atoms with van der Waals surface area (Å²) in [6.07, 6.45) is 11.4. The number of likely N-dealkylation sites (tertiary alicyclic amines) is 2. The smallest absolute Gasteiger partial charge is 0.300 e. The van der Waals surface area contributed by atoms with Crippen LogP contribution < -0.4 is 5.32 Å². The number of aliphatic imine (C=N–C) groups is 1. The summed E-state index contributed by atoms with van der Waals surface area (Å²) in [6, 6.07) is 10.5. The molecule has 1 spiro atoms. The number of anilines is 1. The number of benzene rings is 2. The normalized spacial score (nSPS) is 31.5. The molecule has 230 valence electrons. The quantitative estimate of drug-likeness (QED) is 0.445. The van der Waals surface area contributed by atoms with E-state index in [0.717, 1.165) is 68.8 Å². The van der Waals surface area contributed by atoms with E-state index in [-0.39, 0.29) is 34.8 Å². The molecular formula is C35H33Cl2FN5O2+. The van der Waals surface area contributed by atoms with Crippen LogP contribution in [0.2, 0.25) is 10.0 Å². The van der Waals surface area contributed by atoms with Crippen molar-refractivity contribution < 1.29 is 18.6 Å². The minimum absolute atomic E-state index is 0.0348. The van der Waals surface area contributed by atoms with Crippen molar-refractivity contribution in [2.75, 3.05) is 31.5 Å². The van der Waals surface area contributed by atoms with Gasteiger partial charge in [-0.15, -0.1) is 0 Å². The maximum absolute atomic E-state index is 16.2. The highest BCUT2D eigenvalue weighted by Crippen LogP contribution is 2.62. The minimum Gasteiger partial charge on any atom is -0.339 e. The fraction of sp³-hybridized carbons (Fsp3) is 0.429. The molecule has 7 aliphatic rings. The Morgan fingerprint density at radius 1 is 1.13 bits per heavy atom. The van der Waals surface area contributed by atoms with E-state index in [1.807, 2.05) is 29.2 Å². The average Bonchev–Trinajstić information content (AvgIpc) is 3.49. The van der Waals surface area contributed by atoms with Gasteiger partial charge in [-0.2, -0.15) is 0 Å². The Balaban J connectivity index is 1.20. The van der Waals surface area contributed by atoms with Crippen LogP contribution in [0.1, 0.15) is 49.1 Å². The predicted octanol–water partition coefficient (Wildman–Crippen LogP) is 5.53. The summed E-state index contributed by atoms with van der Waals surface area (Å²) in [5.74, 6) is -0.140. The largest absolute Gasteiger partial charge is 0.339 e. The molecular weight excluding hydrogens is 612 g/mol. The third-order valence-electron chi connectivity index (χ3n) is 11.0. The maximum atomic E-state index is 16.2. The number of carbonyl (C=O) groups excluding carboxylic acids is 2. The summed E-state index contributed by atoms with van der Waals surface area (Å²) in [4.78, 5) is 37.5. The molecule has 0 radical (unpaired) electrons. The number of piperidine rings is 1. The first-order valence-corrected chi connectivity index (χ1v) is 16.8. The van der Waals surface area contributed by atoms with Gasteiger partial charge in [-0.25, -0.2) is 8.97 Å². The maximum Gasteiger partial charge on any atom is 0.300 e. The van der Waals surface area contributed by atoms with Crippen LogP contribution in [-0.2, 0) is 15.1 Å². The zero-order valence-corrected chi connectivity index (χ0v) is 26.2. The molecule has 1 unspecified atom stereocenters.